The number of anilines is 1. The predicted molar refractivity (Wildman–Crippen MR) is 70.2 cm³/mol. The number of rotatable bonds is 3. The van der Waals surface area contributed by atoms with Gasteiger partial charge in [0.2, 0.25) is 5.91 Å². The fourth-order valence-corrected chi connectivity index (χ4v) is 2.50. The Kier molecular flexibility index (Phi) is 3.54. The maximum atomic E-state index is 11.8. The number of amides is 1. The molecule has 1 unspecified atom stereocenters. The van der Waals surface area contributed by atoms with Crippen molar-refractivity contribution in [2.45, 2.75) is 31.4 Å². The van der Waals surface area contributed by atoms with E-state index in [9.17, 15) is 4.79 Å². The Balaban J connectivity index is 2.29. The van der Waals surface area contributed by atoms with Crippen LogP contribution in [-0.4, -0.2) is 17.7 Å². The van der Waals surface area contributed by atoms with E-state index < -0.39 is 0 Å². The molecule has 2 rings (SSSR count). The summed E-state index contributed by atoms with van der Waals surface area (Å²) in [7, 11) is 0. The summed E-state index contributed by atoms with van der Waals surface area (Å²) in [5.74, 6) is 0.198. The van der Waals surface area contributed by atoms with E-state index in [0.29, 0.717) is 6.42 Å². The van der Waals surface area contributed by atoms with Crippen LogP contribution in [0.1, 0.15) is 25.3 Å². The van der Waals surface area contributed by atoms with Crippen LogP contribution >= 0.6 is 12.6 Å². The first-order chi connectivity index (χ1) is 7.72. The highest BCUT2D eigenvalue weighted by atomic mass is 32.1. The second kappa shape index (κ2) is 4.91. The van der Waals surface area contributed by atoms with Gasteiger partial charge in [-0.3, -0.25) is 4.79 Å². The number of carbonyl (C=O) groups is 1. The summed E-state index contributed by atoms with van der Waals surface area (Å²) >= 11 is 4.39. The summed E-state index contributed by atoms with van der Waals surface area (Å²) in [6, 6.07) is 8.17. The molecule has 1 atom stereocenters. The van der Waals surface area contributed by atoms with Crippen LogP contribution in [0.5, 0.6) is 0 Å². The van der Waals surface area contributed by atoms with Crippen LogP contribution in [0.25, 0.3) is 0 Å². The van der Waals surface area contributed by atoms with Gasteiger partial charge in [-0.25, -0.2) is 0 Å². The van der Waals surface area contributed by atoms with Crippen LogP contribution in [0.4, 0.5) is 5.69 Å². The van der Waals surface area contributed by atoms with Crippen molar-refractivity contribution >= 4 is 24.2 Å². The molecule has 1 heterocycles. The standard InChI is InChI=1S/C13H17NOS/c1-2-5-10-6-3-4-7-12(10)14-9-11(16)8-13(14)15/h3-4,6-7,11,16H,2,5,8-9H2,1H3. The van der Waals surface area contributed by atoms with Gasteiger partial charge in [-0.05, 0) is 18.1 Å². The van der Waals surface area contributed by atoms with Gasteiger partial charge in [0, 0.05) is 23.9 Å². The van der Waals surface area contributed by atoms with Crippen molar-refractivity contribution in [1.29, 1.82) is 0 Å². The van der Waals surface area contributed by atoms with Crippen molar-refractivity contribution in [2.75, 3.05) is 11.4 Å². The summed E-state index contributed by atoms with van der Waals surface area (Å²) in [5.41, 5.74) is 2.34. The molecule has 1 fully saturated rings. The van der Waals surface area contributed by atoms with Crippen molar-refractivity contribution in [3.63, 3.8) is 0 Å². The molecule has 0 bridgehead atoms. The third-order valence-corrected chi connectivity index (χ3v) is 3.25. The third kappa shape index (κ3) is 2.24. The Morgan fingerprint density at radius 2 is 2.19 bits per heavy atom. The van der Waals surface area contributed by atoms with Crippen LogP contribution in [0, 0.1) is 0 Å². The van der Waals surface area contributed by atoms with Gasteiger partial charge in [-0.2, -0.15) is 12.6 Å². The van der Waals surface area contributed by atoms with E-state index in [4.69, 9.17) is 0 Å². The number of hydrogen-bond acceptors (Lipinski definition) is 2. The lowest BCUT2D eigenvalue weighted by Crippen LogP contribution is -2.25. The highest BCUT2D eigenvalue weighted by Gasteiger charge is 2.29. The molecule has 2 nitrogen and oxygen atoms in total. The lowest BCUT2D eigenvalue weighted by Gasteiger charge is -2.19. The first kappa shape index (κ1) is 11.5. The van der Waals surface area contributed by atoms with Crippen molar-refractivity contribution in [2.24, 2.45) is 0 Å². The minimum absolute atomic E-state index is 0.183. The molecule has 0 radical (unpaired) electrons. The van der Waals surface area contributed by atoms with Gasteiger partial charge in [-0.1, -0.05) is 31.5 Å². The molecule has 16 heavy (non-hydrogen) atoms. The molecule has 1 aliphatic rings. The summed E-state index contributed by atoms with van der Waals surface area (Å²) in [4.78, 5) is 13.7. The van der Waals surface area contributed by atoms with Crippen LogP contribution < -0.4 is 4.90 Å². The summed E-state index contributed by atoms with van der Waals surface area (Å²) < 4.78 is 0. The fourth-order valence-electron chi connectivity index (χ4n) is 2.18. The second-order valence-electron chi connectivity index (χ2n) is 4.24. The maximum absolute atomic E-state index is 11.8. The van der Waals surface area contributed by atoms with Crippen molar-refractivity contribution < 1.29 is 4.79 Å². The van der Waals surface area contributed by atoms with Crippen LogP contribution in [0.2, 0.25) is 0 Å². The highest BCUT2D eigenvalue weighted by molar-refractivity contribution is 7.81. The molecule has 86 valence electrons. The SMILES string of the molecule is CCCc1ccccc1N1CC(S)CC1=O. The number of para-hydroxylation sites is 1. The molecule has 1 amide bonds. The van der Waals surface area contributed by atoms with Crippen molar-refractivity contribution in [1.82, 2.24) is 0 Å². The van der Waals surface area contributed by atoms with Gasteiger partial charge in [0.1, 0.15) is 0 Å². The normalized spacial score (nSPS) is 20.5. The molecular formula is C13H17NOS. The van der Waals surface area contributed by atoms with Gasteiger partial charge in [-0.15, -0.1) is 0 Å². The molecule has 0 N–H and O–H groups in total. The summed E-state index contributed by atoms with van der Waals surface area (Å²) in [5, 5.41) is 0.183. The van der Waals surface area contributed by atoms with E-state index in [1.54, 1.807) is 0 Å². The molecule has 0 aromatic heterocycles. The minimum Gasteiger partial charge on any atom is -0.311 e. The predicted octanol–water partition coefficient (Wildman–Crippen LogP) is 2.67. The minimum atomic E-state index is 0.183. The van der Waals surface area contributed by atoms with E-state index in [1.165, 1.54) is 5.56 Å². The average molecular weight is 235 g/mol. The van der Waals surface area contributed by atoms with Gasteiger partial charge >= 0.3 is 0 Å². The number of benzene rings is 1. The van der Waals surface area contributed by atoms with Gasteiger partial charge in [0.25, 0.3) is 0 Å². The molecule has 1 aliphatic heterocycles. The number of aryl methyl sites for hydroxylation is 1. The summed E-state index contributed by atoms with van der Waals surface area (Å²) in [6.45, 7) is 2.90. The van der Waals surface area contributed by atoms with E-state index in [0.717, 1.165) is 25.1 Å². The lowest BCUT2D eigenvalue weighted by atomic mass is 10.1. The Labute approximate surface area is 102 Å². The summed E-state index contributed by atoms with van der Waals surface area (Å²) in [6.07, 6.45) is 2.68. The number of thiol groups is 1. The quantitative estimate of drug-likeness (QED) is 0.799. The fraction of sp³-hybridized carbons (Fsp3) is 0.462. The monoisotopic (exact) mass is 235 g/mol. The van der Waals surface area contributed by atoms with Gasteiger partial charge < -0.3 is 4.90 Å². The molecular weight excluding hydrogens is 218 g/mol. The van der Waals surface area contributed by atoms with Crippen LogP contribution in [0.3, 0.4) is 0 Å². The Bertz CT molecular complexity index is 391. The Morgan fingerprint density at radius 1 is 1.44 bits per heavy atom. The Morgan fingerprint density at radius 3 is 2.81 bits per heavy atom. The molecule has 0 saturated carbocycles. The number of nitrogens with zero attached hydrogens (tertiary/aromatic N) is 1. The largest absolute Gasteiger partial charge is 0.311 e. The third-order valence-electron chi connectivity index (χ3n) is 2.91. The Hall–Kier alpha value is -0.960. The topological polar surface area (TPSA) is 20.3 Å². The second-order valence-corrected chi connectivity index (χ2v) is 4.97. The zero-order valence-electron chi connectivity index (χ0n) is 9.52. The van der Waals surface area contributed by atoms with E-state index in [1.807, 2.05) is 23.1 Å². The zero-order valence-corrected chi connectivity index (χ0v) is 10.4. The smallest absolute Gasteiger partial charge is 0.228 e. The van der Waals surface area contributed by atoms with E-state index in [-0.39, 0.29) is 11.2 Å². The van der Waals surface area contributed by atoms with Gasteiger partial charge in [0.15, 0.2) is 0 Å². The first-order valence-corrected chi connectivity index (χ1v) is 6.30. The first-order valence-electron chi connectivity index (χ1n) is 5.78. The molecule has 1 saturated heterocycles. The number of hydrogen-bond donors (Lipinski definition) is 1. The molecule has 0 spiro atoms. The highest BCUT2D eigenvalue weighted by Crippen LogP contribution is 2.27. The van der Waals surface area contributed by atoms with Gasteiger partial charge in [0.05, 0.1) is 0 Å². The van der Waals surface area contributed by atoms with Crippen LogP contribution in [0.15, 0.2) is 24.3 Å². The average Bonchev–Trinajstić information content (AvgIpc) is 2.59. The van der Waals surface area contributed by atoms with Crippen LogP contribution in [-0.2, 0) is 11.2 Å². The number of carbonyl (C=O) groups excluding carboxylic acids is 1. The van der Waals surface area contributed by atoms with Crippen molar-refractivity contribution in [3.05, 3.63) is 29.8 Å². The molecule has 3 heteroatoms. The van der Waals surface area contributed by atoms with E-state index >= 15 is 0 Å². The molecule has 0 aliphatic carbocycles. The van der Waals surface area contributed by atoms with E-state index in [2.05, 4.69) is 25.6 Å². The zero-order chi connectivity index (χ0) is 11.5. The lowest BCUT2D eigenvalue weighted by molar-refractivity contribution is -0.117. The molecule has 1 aromatic rings. The van der Waals surface area contributed by atoms with Crippen molar-refractivity contribution in [3.8, 4) is 0 Å². The maximum Gasteiger partial charge on any atom is 0.228 e. The molecule has 1 aromatic carbocycles.